The summed E-state index contributed by atoms with van der Waals surface area (Å²) in [6.07, 6.45) is 0.424. The monoisotopic (exact) mass is 324 g/mol. The maximum Gasteiger partial charge on any atom is 0.316 e. The maximum atomic E-state index is 13.2. The number of hydrogen-bond donors (Lipinski definition) is 1. The highest BCUT2D eigenvalue weighted by atomic mass is 35.5. The second-order valence-corrected chi connectivity index (χ2v) is 6.16. The molecule has 0 bridgehead atoms. The van der Waals surface area contributed by atoms with Crippen molar-refractivity contribution in [1.29, 1.82) is 0 Å². The molecule has 2 nitrogen and oxygen atoms in total. The molecule has 0 saturated heterocycles. The van der Waals surface area contributed by atoms with Crippen molar-refractivity contribution in [3.63, 3.8) is 0 Å². The topological polar surface area (TPSA) is 37.3 Å². The Balaban J connectivity index is 2.03. The van der Waals surface area contributed by atoms with Gasteiger partial charge in [-0.3, -0.25) is 4.79 Å². The molecule has 0 aromatic heterocycles. The normalized spacial score (nSPS) is 12.1. The van der Waals surface area contributed by atoms with Crippen molar-refractivity contribution < 1.29 is 14.3 Å². The fourth-order valence-electron chi connectivity index (χ4n) is 1.89. The molecule has 110 valence electrons. The van der Waals surface area contributed by atoms with E-state index >= 15 is 0 Å². The summed E-state index contributed by atoms with van der Waals surface area (Å²) < 4.78 is 13.2. The summed E-state index contributed by atoms with van der Waals surface area (Å²) in [4.78, 5) is 11.3. The van der Waals surface area contributed by atoms with Crippen LogP contribution in [0.5, 0.6) is 0 Å². The maximum absolute atomic E-state index is 13.2. The molecule has 0 aliphatic carbocycles. The van der Waals surface area contributed by atoms with Crippen LogP contribution in [0.1, 0.15) is 11.1 Å². The van der Waals surface area contributed by atoms with Crippen molar-refractivity contribution in [2.24, 2.45) is 0 Å². The Morgan fingerprint density at radius 1 is 1.24 bits per heavy atom. The van der Waals surface area contributed by atoms with E-state index in [9.17, 15) is 14.3 Å². The van der Waals surface area contributed by atoms with Crippen molar-refractivity contribution in [1.82, 2.24) is 0 Å². The zero-order valence-electron chi connectivity index (χ0n) is 11.1. The van der Waals surface area contributed by atoms with Gasteiger partial charge in [0.25, 0.3) is 0 Å². The molecule has 0 heterocycles. The van der Waals surface area contributed by atoms with Gasteiger partial charge in [0, 0.05) is 10.8 Å². The van der Waals surface area contributed by atoms with Gasteiger partial charge in [-0.05, 0) is 35.7 Å². The minimum absolute atomic E-state index is 0.362. The van der Waals surface area contributed by atoms with Crippen LogP contribution in [0.2, 0.25) is 5.02 Å². The second kappa shape index (κ2) is 7.48. The van der Waals surface area contributed by atoms with E-state index in [1.165, 1.54) is 30.0 Å². The number of aliphatic carboxylic acids is 1. The standard InChI is InChI=1S/C16H14ClFO2S/c17-14-7-6-13(18)9-12(14)10-21-15(16(19)20)8-11-4-2-1-3-5-11/h1-7,9,15H,8,10H2,(H,19,20). The van der Waals surface area contributed by atoms with Gasteiger partial charge in [0.1, 0.15) is 11.1 Å². The lowest BCUT2D eigenvalue weighted by molar-refractivity contribution is -0.136. The highest BCUT2D eigenvalue weighted by molar-refractivity contribution is 7.99. The first-order chi connectivity index (χ1) is 10.1. The molecule has 2 rings (SSSR count). The lowest BCUT2D eigenvalue weighted by Crippen LogP contribution is -2.19. The van der Waals surface area contributed by atoms with Gasteiger partial charge in [0.2, 0.25) is 0 Å². The Kier molecular flexibility index (Phi) is 5.65. The van der Waals surface area contributed by atoms with E-state index in [1.54, 1.807) is 0 Å². The average Bonchev–Trinajstić information content (AvgIpc) is 2.47. The van der Waals surface area contributed by atoms with Gasteiger partial charge < -0.3 is 5.11 Å². The van der Waals surface area contributed by atoms with Crippen molar-refractivity contribution in [3.8, 4) is 0 Å². The summed E-state index contributed by atoms with van der Waals surface area (Å²) in [7, 11) is 0. The molecule has 0 spiro atoms. The zero-order chi connectivity index (χ0) is 15.2. The predicted octanol–water partition coefficient (Wildman–Crippen LogP) is 4.41. The molecule has 0 aliphatic rings. The molecular formula is C16H14ClFO2S. The van der Waals surface area contributed by atoms with Crippen LogP contribution in [-0.4, -0.2) is 16.3 Å². The average molecular weight is 325 g/mol. The van der Waals surface area contributed by atoms with Crippen molar-refractivity contribution in [2.75, 3.05) is 0 Å². The molecule has 5 heteroatoms. The zero-order valence-corrected chi connectivity index (χ0v) is 12.7. The van der Waals surface area contributed by atoms with Gasteiger partial charge in [-0.25, -0.2) is 4.39 Å². The van der Waals surface area contributed by atoms with E-state index in [0.29, 0.717) is 22.8 Å². The van der Waals surface area contributed by atoms with Gasteiger partial charge in [-0.2, -0.15) is 0 Å². The van der Waals surface area contributed by atoms with Gasteiger partial charge in [0.15, 0.2) is 0 Å². The SMILES string of the molecule is O=C(O)C(Cc1ccccc1)SCc1cc(F)ccc1Cl. The molecule has 2 aromatic rings. The Hall–Kier alpha value is -1.52. The van der Waals surface area contributed by atoms with Gasteiger partial charge >= 0.3 is 5.97 Å². The van der Waals surface area contributed by atoms with Crippen LogP contribution >= 0.6 is 23.4 Å². The molecule has 0 aliphatic heterocycles. The van der Waals surface area contributed by atoms with E-state index in [-0.39, 0.29) is 5.82 Å². The van der Waals surface area contributed by atoms with Crippen LogP contribution in [-0.2, 0) is 17.0 Å². The molecule has 0 amide bonds. The van der Waals surface area contributed by atoms with Crippen LogP contribution in [0.4, 0.5) is 4.39 Å². The smallest absolute Gasteiger partial charge is 0.316 e. The fraction of sp³-hybridized carbons (Fsp3) is 0.188. The van der Waals surface area contributed by atoms with Crippen LogP contribution < -0.4 is 0 Å². The number of carboxylic acids is 1. The number of hydrogen-bond acceptors (Lipinski definition) is 2. The third-order valence-corrected chi connectivity index (χ3v) is 4.60. The highest BCUT2D eigenvalue weighted by Gasteiger charge is 2.19. The van der Waals surface area contributed by atoms with Crippen molar-refractivity contribution in [3.05, 3.63) is 70.5 Å². The molecule has 0 fully saturated rings. The van der Waals surface area contributed by atoms with E-state index in [2.05, 4.69) is 0 Å². The molecule has 2 aromatic carbocycles. The van der Waals surface area contributed by atoms with Crippen LogP contribution in [0.3, 0.4) is 0 Å². The van der Waals surface area contributed by atoms with E-state index in [0.717, 1.165) is 5.56 Å². The van der Waals surface area contributed by atoms with Crippen LogP contribution in [0, 0.1) is 5.82 Å². The molecule has 21 heavy (non-hydrogen) atoms. The van der Waals surface area contributed by atoms with Crippen LogP contribution in [0.15, 0.2) is 48.5 Å². The third kappa shape index (κ3) is 4.76. The summed E-state index contributed by atoms with van der Waals surface area (Å²) in [5.74, 6) is -0.887. The van der Waals surface area contributed by atoms with Crippen LogP contribution in [0.25, 0.3) is 0 Å². The minimum atomic E-state index is -0.878. The second-order valence-electron chi connectivity index (χ2n) is 4.56. The fourth-order valence-corrected chi connectivity index (χ4v) is 3.23. The quantitative estimate of drug-likeness (QED) is 0.855. The number of carbonyl (C=O) groups is 1. The largest absolute Gasteiger partial charge is 0.480 e. The number of thioether (sulfide) groups is 1. The predicted molar refractivity (Wildman–Crippen MR) is 84.3 cm³/mol. The van der Waals surface area contributed by atoms with Gasteiger partial charge in [-0.15, -0.1) is 11.8 Å². The minimum Gasteiger partial charge on any atom is -0.480 e. The molecule has 0 saturated carbocycles. The molecule has 1 unspecified atom stereocenters. The molecular weight excluding hydrogens is 311 g/mol. The van der Waals surface area contributed by atoms with Gasteiger partial charge in [-0.1, -0.05) is 41.9 Å². The Morgan fingerprint density at radius 3 is 2.62 bits per heavy atom. The first-order valence-electron chi connectivity index (χ1n) is 6.38. The third-order valence-electron chi connectivity index (χ3n) is 2.99. The number of carboxylic acid groups (broad SMARTS) is 1. The lowest BCUT2D eigenvalue weighted by atomic mass is 10.1. The molecule has 0 radical (unpaired) electrons. The van der Waals surface area contributed by atoms with E-state index in [4.69, 9.17) is 11.6 Å². The van der Waals surface area contributed by atoms with Crippen molar-refractivity contribution in [2.45, 2.75) is 17.4 Å². The van der Waals surface area contributed by atoms with Gasteiger partial charge in [0.05, 0.1) is 0 Å². The highest BCUT2D eigenvalue weighted by Crippen LogP contribution is 2.26. The summed E-state index contributed by atoms with van der Waals surface area (Å²) in [6.45, 7) is 0. The number of rotatable bonds is 6. The lowest BCUT2D eigenvalue weighted by Gasteiger charge is -2.13. The van der Waals surface area contributed by atoms with Crippen molar-refractivity contribution >= 4 is 29.3 Å². The summed E-state index contributed by atoms with van der Waals surface area (Å²) in [5.41, 5.74) is 1.57. The summed E-state index contributed by atoms with van der Waals surface area (Å²) in [6, 6.07) is 13.5. The van der Waals surface area contributed by atoms with E-state index < -0.39 is 11.2 Å². The molecule has 1 N–H and O–H groups in total. The molecule has 1 atom stereocenters. The Bertz CT molecular complexity index is 619. The first kappa shape index (κ1) is 15.9. The summed E-state index contributed by atoms with van der Waals surface area (Å²) in [5, 5.41) is 9.17. The summed E-state index contributed by atoms with van der Waals surface area (Å²) >= 11 is 7.24. The number of halogens is 2. The van der Waals surface area contributed by atoms with E-state index in [1.807, 2.05) is 30.3 Å². The Labute approximate surface area is 131 Å². The first-order valence-corrected chi connectivity index (χ1v) is 7.81. The Morgan fingerprint density at radius 2 is 1.95 bits per heavy atom. The number of benzene rings is 2.